The zero-order chi connectivity index (χ0) is 27.0. The van der Waals surface area contributed by atoms with Gasteiger partial charge >= 0.3 is 11.9 Å². The van der Waals surface area contributed by atoms with E-state index >= 15 is 0 Å². The van der Waals surface area contributed by atoms with Crippen molar-refractivity contribution in [2.75, 3.05) is 41.7 Å². The summed E-state index contributed by atoms with van der Waals surface area (Å²) in [5.41, 5.74) is 0.290. The molecule has 0 aliphatic rings. The lowest BCUT2D eigenvalue weighted by atomic mass is 10.2. The summed E-state index contributed by atoms with van der Waals surface area (Å²) in [5, 5.41) is 17.3. The van der Waals surface area contributed by atoms with Crippen molar-refractivity contribution in [2.45, 2.75) is 35.1 Å². The van der Waals surface area contributed by atoms with Gasteiger partial charge in [-0.3, -0.25) is 0 Å². The second kappa shape index (κ2) is 18.7. The molecule has 2 aromatic rings. The van der Waals surface area contributed by atoms with Crippen LogP contribution in [0.3, 0.4) is 0 Å². The van der Waals surface area contributed by atoms with Crippen LogP contribution in [0.4, 0.5) is 0 Å². The van der Waals surface area contributed by atoms with Gasteiger partial charge in [-0.1, -0.05) is 35.1 Å². The summed E-state index contributed by atoms with van der Waals surface area (Å²) in [7, 11) is 5.46. The fourth-order valence-electron chi connectivity index (χ4n) is 1.97. The molecular formula is C25H40N2O9. The van der Waals surface area contributed by atoms with Crippen molar-refractivity contribution in [2.24, 2.45) is 11.8 Å². The molecule has 0 amide bonds. The SMILES string of the molecule is C.CC(C)CO.COC(=O)c1cc(OC)c(O)cn1.COC(=O)c1cc(OC)c(OCC(C)C)cn1. The molecule has 0 saturated carbocycles. The van der Waals surface area contributed by atoms with Crippen LogP contribution in [0, 0.1) is 11.8 Å². The van der Waals surface area contributed by atoms with Crippen LogP contribution >= 0.6 is 0 Å². The normalized spacial score (nSPS) is 9.53. The molecule has 0 spiro atoms. The van der Waals surface area contributed by atoms with Gasteiger partial charge in [0, 0.05) is 18.7 Å². The molecule has 2 rings (SSSR count). The first-order chi connectivity index (χ1) is 16.5. The summed E-state index contributed by atoms with van der Waals surface area (Å²) in [5.74, 6) is 0.840. The highest BCUT2D eigenvalue weighted by Gasteiger charge is 2.13. The number of carbonyl (C=O) groups is 2. The number of aliphatic hydroxyl groups excluding tert-OH is 1. The number of pyridine rings is 2. The van der Waals surface area contributed by atoms with Gasteiger partial charge in [0.2, 0.25) is 0 Å². The number of nitrogens with zero attached hydrogens (tertiary/aromatic N) is 2. The maximum atomic E-state index is 11.3. The highest BCUT2D eigenvalue weighted by atomic mass is 16.5. The highest BCUT2D eigenvalue weighted by Crippen LogP contribution is 2.27. The van der Waals surface area contributed by atoms with Crippen LogP contribution in [0.25, 0.3) is 0 Å². The van der Waals surface area contributed by atoms with Crippen molar-refractivity contribution in [3.05, 3.63) is 35.9 Å². The first kappa shape index (κ1) is 34.6. The predicted octanol–water partition coefficient (Wildman–Crippen LogP) is 3.76. The molecule has 0 atom stereocenters. The zero-order valence-corrected chi connectivity index (χ0v) is 21.5. The minimum atomic E-state index is -0.571. The quantitative estimate of drug-likeness (QED) is 0.498. The second-order valence-electron chi connectivity index (χ2n) is 7.73. The van der Waals surface area contributed by atoms with E-state index in [9.17, 15) is 9.59 Å². The molecule has 2 N–H and O–H groups in total. The van der Waals surface area contributed by atoms with E-state index in [1.807, 2.05) is 27.7 Å². The van der Waals surface area contributed by atoms with E-state index in [0.717, 1.165) is 6.20 Å². The summed E-state index contributed by atoms with van der Waals surface area (Å²) in [6, 6.07) is 2.81. The molecule has 2 aromatic heterocycles. The smallest absolute Gasteiger partial charge is 0.356 e. The summed E-state index contributed by atoms with van der Waals surface area (Å²) in [6.45, 7) is 8.90. The lowest BCUT2D eigenvalue weighted by Crippen LogP contribution is -2.08. The van der Waals surface area contributed by atoms with Gasteiger partial charge in [0.25, 0.3) is 0 Å². The van der Waals surface area contributed by atoms with Crippen LogP contribution in [0.1, 0.15) is 56.1 Å². The molecule has 11 heteroatoms. The molecule has 0 fully saturated rings. The Bertz CT molecular complexity index is 918. The van der Waals surface area contributed by atoms with Crippen LogP contribution in [0.15, 0.2) is 24.5 Å². The van der Waals surface area contributed by atoms with Crippen LogP contribution < -0.4 is 14.2 Å². The molecule has 0 aliphatic carbocycles. The van der Waals surface area contributed by atoms with E-state index in [-0.39, 0.29) is 30.3 Å². The molecule has 11 nitrogen and oxygen atoms in total. The van der Waals surface area contributed by atoms with Gasteiger partial charge in [-0.05, 0) is 11.8 Å². The number of rotatable bonds is 8. The van der Waals surface area contributed by atoms with E-state index < -0.39 is 11.9 Å². The molecule has 0 aliphatic heterocycles. The van der Waals surface area contributed by atoms with Gasteiger partial charge in [0.05, 0.1) is 47.4 Å². The van der Waals surface area contributed by atoms with Gasteiger partial charge in [-0.15, -0.1) is 0 Å². The Morgan fingerprint density at radius 3 is 1.64 bits per heavy atom. The third kappa shape index (κ3) is 12.7. The van der Waals surface area contributed by atoms with E-state index in [2.05, 4.69) is 19.4 Å². The van der Waals surface area contributed by atoms with Crippen LogP contribution in [0.5, 0.6) is 23.0 Å². The Kier molecular flexibility index (Phi) is 17.9. The Balaban J connectivity index is 0. The van der Waals surface area contributed by atoms with Crippen LogP contribution in [-0.4, -0.2) is 73.8 Å². The first-order valence-corrected chi connectivity index (χ1v) is 10.7. The monoisotopic (exact) mass is 512 g/mol. The molecule has 36 heavy (non-hydrogen) atoms. The molecule has 0 radical (unpaired) electrons. The van der Waals surface area contributed by atoms with Gasteiger partial charge < -0.3 is 33.9 Å². The van der Waals surface area contributed by atoms with Crippen LogP contribution in [-0.2, 0) is 9.47 Å². The van der Waals surface area contributed by atoms with Gasteiger partial charge in [0.1, 0.15) is 0 Å². The predicted molar refractivity (Wildman–Crippen MR) is 135 cm³/mol. The van der Waals surface area contributed by atoms with E-state index in [1.54, 1.807) is 0 Å². The molecule has 0 unspecified atom stereocenters. The Morgan fingerprint density at radius 1 is 0.806 bits per heavy atom. The fourth-order valence-corrected chi connectivity index (χ4v) is 1.97. The van der Waals surface area contributed by atoms with Crippen molar-refractivity contribution < 1.29 is 43.5 Å². The summed E-state index contributed by atoms with van der Waals surface area (Å²) >= 11 is 0. The number of ether oxygens (including phenoxy) is 5. The minimum absolute atomic E-state index is 0. The molecule has 204 valence electrons. The van der Waals surface area contributed by atoms with Crippen molar-refractivity contribution in [1.29, 1.82) is 0 Å². The van der Waals surface area contributed by atoms with Crippen molar-refractivity contribution >= 4 is 11.9 Å². The number of hydrogen-bond donors (Lipinski definition) is 2. The number of aliphatic hydroxyl groups is 1. The van der Waals surface area contributed by atoms with E-state index in [1.165, 1.54) is 46.8 Å². The number of hydrogen-bond acceptors (Lipinski definition) is 11. The summed E-state index contributed by atoms with van der Waals surface area (Å²) < 4.78 is 24.5. The Hall–Kier alpha value is -3.60. The summed E-state index contributed by atoms with van der Waals surface area (Å²) in [6.07, 6.45) is 2.60. The maximum absolute atomic E-state index is 11.3. The molecular weight excluding hydrogens is 472 g/mol. The number of esters is 2. The molecule has 0 saturated heterocycles. The number of aromatic hydroxyl groups is 1. The maximum Gasteiger partial charge on any atom is 0.356 e. The topological polar surface area (TPSA) is 147 Å². The third-order valence-corrected chi connectivity index (χ3v) is 3.84. The lowest BCUT2D eigenvalue weighted by Gasteiger charge is -2.12. The van der Waals surface area contributed by atoms with E-state index in [0.29, 0.717) is 36.5 Å². The molecule has 0 bridgehead atoms. The van der Waals surface area contributed by atoms with Crippen LogP contribution in [0.2, 0.25) is 0 Å². The van der Waals surface area contributed by atoms with Crippen molar-refractivity contribution in [3.63, 3.8) is 0 Å². The zero-order valence-electron chi connectivity index (χ0n) is 21.5. The van der Waals surface area contributed by atoms with Gasteiger partial charge in [-0.25, -0.2) is 19.6 Å². The summed E-state index contributed by atoms with van der Waals surface area (Å²) in [4.78, 5) is 29.9. The molecule has 0 aromatic carbocycles. The van der Waals surface area contributed by atoms with Crippen molar-refractivity contribution in [1.82, 2.24) is 9.97 Å². The third-order valence-electron chi connectivity index (χ3n) is 3.84. The first-order valence-electron chi connectivity index (χ1n) is 10.7. The number of aromatic nitrogens is 2. The van der Waals surface area contributed by atoms with Gasteiger partial charge in [-0.2, -0.15) is 0 Å². The highest BCUT2D eigenvalue weighted by molar-refractivity contribution is 5.88. The Labute approximate surface area is 213 Å². The number of carbonyl (C=O) groups excluding carboxylic acids is 2. The molecule has 2 heterocycles. The standard InChI is InChI=1S/C12H17NO4.C8H9NO4.C4H10O.CH4/c1-8(2)7-17-11-6-13-9(12(14)16-4)5-10(11)15-3;1-12-7-3-5(8(11)13-2)9-4-6(7)10;1-4(2)3-5;/h5-6,8H,7H2,1-4H3;3-4,10H,1-2H3;4-5H,3H2,1-2H3;1H4. The second-order valence-corrected chi connectivity index (χ2v) is 7.73. The fraction of sp³-hybridized carbons (Fsp3) is 0.520. The van der Waals surface area contributed by atoms with Crippen molar-refractivity contribution in [3.8, 4) is 23.0 Å². The van der Waals surface area contributed by atoms with E-state index in [4.69, 9.17) is 24.4 Å². The minimum Gasteiger partial charge on any atom is -0.503 e. The number of methoxy groups -OCH3 is 4. The van der Waals surface area contributed by atoms with Gasteiger partial charge in [0.15, 0.2) is 34.4 Å². The average molecular weight is 513 g/mol. The average Bonchev–Trinajstić information content (AvgIpc) is 2.87. The largest absolute Gasteiger partial charge is 0.503 e. The lowest BCUT2D eigenvalue weighted by molar-refractivity contribution is 0.0584. The Morgan fingerprint density at radius 2 is 1.25 bits per heavy atom.